The van der Waals surface area contributed by atoms with Crippen molar-refractivity contribution in [2.24, 2.45) is 0 Å². The maximum Gasteiger partial charge on any atom is 0.248 e. The van der Waals surface area contributed by atoms with Crippen LogP contribution in [0, 0.1) is 5.82 Å². The predicted octanol–water partition coefficient (Wildman–Crippen LogP) is 1.68. The van der Waals surface area contributed by atoms with E-state index < -0.39 is 5.82 Å². The number of ether oxygens (including phenoxy) is 1. The zero-order valence-electron chi connectivity index (χ0n) is 7.50. The van der Waals surface area contributed by atoms with Crippen LogP contribution in [0.2, 0.25) is 0 Å². The first kappa shape index (κ1) is 8.74. The summed E-state index contributed by atoms with van der Waals surface area (Å²) in [4.78, 5) is 13.4. The van der Waals surface area contributed by atoms with Gasteiger partial charge in [-0.25, -0.2) is 4.39 Å². The number of pyridine rings is 1. The Labute approximate surface area is 79.1 Å². The van der Waals surface area contributed by atoms with Gasteiger partial charge in [0, 0.05) is 17.5 Å². The number of aromatic amines is 1. The number of halogens is 1. The lowest BCUT2D eigenvalue weighted by Crippen LogP contribution is -2.03. The summed E-state index contributed by atoms with van der Waals surface area (Å²) in [5.41, 5.74) is -0.111. The Morgan fingerprint density at radius 2 is 2.14 bits per heavy atom. The van der Waals surface area contributed by atoms with Crippen LogP contribution in [0.25, 0.3) is 10.9 Å². The molecule has 1 N–H and O–H groups in total. The molecule has 3 nitrogen and oxygen atoms in total. The van der Waals surface area contributed by atoms with Gasteiger partial charge in [0.05, 0.1) is 12.6 Å². The minimum absolute atomic E-state index is 0.207. The third-order valence-corrected chi connectivity index (χ3v) is 1.99. The van der Waals surface area contributed by atoms with Crippen LogP contribution in [-0.4, -0.2) is 12.1 Å². The van der Waals surface area contributed by atoms with Crippen molar-refractivity contribution in [3.05, 3.63) is 40.4 Å². The summed E-state index contributed by atoms with van der Waals surface area (Å²) in [6, 6.07) is 5.80. The van der Waals surface area contributed by atoms with Gasteiger partial charge in [0.15, 0.2) is 5.82 Å². The van der Waals surface area contributed by atoms with E-state index in [0.717, 1.165) is 0 Å². The molecule has 1 aromatic carbocycles. The van der Waals surface area contributed by atoms with Gasteiger partial charge >= 0.3 is 0 Å². The number of H-pyrrole nitrogens is 1. The lowest BCUT2D eigenvalue weighted by molar-refractivity contribution is 0.412. The second kappa shape index (κ2) is 3.14. The van der Waals surface area contributed by atoms with Gasteiger partial charge in [0.1, 0.15) is 5.75 Å². The number of methoxy groups -OCH3 is 1. The SMILES string of the molecule is COc1cc(F)c2[nH]c(=O)ccc2c1. The molecule has 1 aromatic heterocycles. The Kier molecular flexibility index (Phi) is 1.96. The third kappa shape index (κ3) is 1.35. The summed E-state index contributed by atoms with van der Waals surface area (Å²) in [5, 5.41) is 0.612. The molecule has 0 bridgehead atoms. The number of rotatable bonds is 1. The monoisotopic (exact) mass is 193 g/mol. The standard InChI is InChI=1S/C10H8FNO2/c1-14-7-4-6-2-3-9(13)12-10(6)8(11)5-7/h2-5H,1H3,(H,12,13). The molecule has 0 saturated heterocycles. The van der Waals surface area contributed by atoms with Crippen LogP contribution in [0.15, 0.2) is 29.1 Å². The third-order valence-electron chi connectivity index (χ3n) is 1.99. The van der Waals surface area contributed by atoms with Gasteiger partial charge in [0.2, 0.25) is 5.56 Å². The number of aromatic nitrogens is 1. The quantitative estimate of drug-likeness (QED) is 0.748. The lowest BCUT2D eigenvalue weighted by Gasteiger charge is -2.03. The maximum atomic E-state index is 13.4. The van der Waals surface area contributed by atoms with Crippen molar-refractivity contribution in [1.29, 1.82) is 0 Å². The zero-order valence-corrected chi connectivity index (χ0v) is 7.50. The van der Waals surface area contributed by atoms with Crippen molar-refractivity contribution < 1.29 is 9.13 Å². The molecule has 0 aliphatic carbocycles. The van der Waals surface area contributed by atoms with E-state index in [0.29, 0.717) is 11.1 Å². The summed E-state index contributed by atoms with van der Waals surface area (Å²) < 4.78 is 18.3. The largest absolute Gasteiger partial charge is 0.497 e. The molecule has 2 aromatic rings. The first-order chi connectivity index (χ1) is 6.70. The summed E-state index contributed by atoms with van der Waals surface area (Å²) in [6.07, 6.45) is 0. The Balaban J connectivity index is 2.83. The van der Waals surface area contributed by atoms with Gasteiger partial charge in [-0.1, -0.05) is 0 Å². The van der Waals surface area contributed by atoms with Crippen LogP contribution < -0.4 is 10.3 Å². The highest BCUT2D eigenvalue weighted by molar-refractivity contribution is 5.80. The van der Waals surface area contributed by atoms with Crippen LogP contribution in [0.4, 0.5) is 4.39 Å². The molecule has 4 heteroatoms. The number of hydrogen-bond donors (Lipinski definition) is 1. The minimum atomic E-state index is -0.489. The Hall–Kier alpha value is -1.84. The van der Waals surface area contributed by atoms with Crippen molar-refractivity contribution in [3.63, 3.8) is 0 Å². The molecule has 0 amide bonds. The molecule has 14 heavy (non-hydrogen) atoms. The summed E-state index contributed by atoms with van der Waals surface area (Å²) >= 11 is 0. The van der Waals surface area contributed by atoms with Gasteiger partial charge in [-0.3, -0.25) is 4.79 Å². The average Bonchev–Trinajstić information content (AvgIpc) is 2.19. The molecular weight excluding hydrogens is 185 g/mol. The molecule has 0 saturated carbocycles. The van der Waals surface area contributed by atoms with Crippen LogP contribution in [-0.2, 0) is 0 Å². The van der Waals surface area contributed by atoms with Gasteiger partial charge in [-0.2, -0.15) is 0 Å². The average molecular weight is 193 g/mol. The number of hydrogen-bond acceptors (Lipinski definition) is 2. The van der Waals surface area contributed by atoms with E-state index in [1.807, 2.05) is 0 Å². The second-order valence-corrected chi connectivity index (χ2v) is 2.90. The smallest absolute Gasteiger partial charge is 0.248 e. The molecule has 0 unspecified atom stereocenters. The lowest BCUT2D eigenvalue weighted by atomic mass is 10.2. The van der Waals surface area contributed by atoms with E-state index in [4.69, 9.17) is 4.74 Å². The Morgan fingerprint density at radius 3 is 2.86 bits per heavy atom. The minimum Gasteiger partial charge on any atom is -0.497 e. The van der Waals surface area contributed by atoms with Crippen molar-refractivity contribution in [2.75, 3.05) is 7.11 Å². The highest BCUT2D eigenvalue weighted by Crippen LogP contribution is 2.21. The van der Waals surface area contributed by atoms with E-state index >= 15 is 0 Å². The van der Waals surface area contributed by atoms with Crippen LogP contribution in [0.3, 0.4) is 0 Å². The molecule has 0 aliphatic rings. The molecule has 0 aliphatic heterocycles. The molecule has 72 valence electrons. The first-order valence-electron chi connectivity index (χ1n) is 4.07. The van der Waals surface area contributed by atoms with E-state index in [-0.39, 0.29) is 11.1 Å². The Morgan fingerprint density at radius 1 is 1.36 bits per heavy atom. The Bertz CT molecular complexity index is 533. The van der Waals surface area contributed by atoms with Gasteiger partial charge in [0.25, 0.3) is 0 Å². The van der Waals surface area contributed by atoms with Gasteiger partial charge < -0.3 is 9.72 Å². The first-order valence-corrected chi connectivity index (χ1v) is 4.07. The fraction of sp³-hybridized carbons (Fsp3) is 0.100. The highest BCUT2D eigenvalue weighted by Gasteiger charge is 2.04. The summed E-state index contributed by atoms with van der Waals surface area (Å²) in [7, 11) is 1.46. The molecule has 0 spiro atoms. The number of benzene rings is 1. The number of fused-ring (bicyclic) bond motifs is 1. The maximum absolute atomic E-state index is 13.4. The van der Waals surface area contributed by atoms with E-state index in [2.05, 4.69) is 4.98 Å². The van der Waals surface area contributed by atoms with Crippen molar-refractivity contribution in [3.8, 4) is 5.75 Å². The fourth-order valence-corrected chi connectivity index (χ4v) is 1.31. The van der Waals surface area contributed by atoms with Crippen LogP contribution >= 0.6 is 0 Å². The van der Waals surface area contributed by atoms with E-state index in [9.17, 15) is 9.18 Å². The van der Waals surface area contributed by atoms with Crippen molar-refractivity contribution >= 4 is 10.9 Å². The van der Waals surface area contributed by atoms with Crippen LogP contribution in [0.5, 0.6) is 5.75 Å². The molecule has 0 radical (unpaired) electrons. The van der Waals surface area contributed by atoms with Gasteiger partial charge in [-0.05, 0) is 12.1 Å². The molecule has 1 heterocycles. The highest BCUT2D eigenvalue weighted by atomic mass is 19.1. The van der Waals surface area contributed by atoms with E-state index in [1.54, 1.807) is 12.1 Å². The topological polar surface area (TPSA) is 42.1 Å². The van der Waals surface area contributed by atoms with Crippen LogP contribution in [0.1, 0.15) is 0 Å². The molecule has 2 rings (SSSR count). The van der Waals surface area contributed by atoms with Gasteiger partial charge in [-0.15, -0.1) is 0 Å². The summed E-state index contributed by atoms with van der Waals surface area (Å²) in [6.45, 7) is 0. The second-order valence-electron chi connectivity index (χ2n) is 2.90. The van der Waals surface area contributed by atoms with E-state index in [1.165, 1.54) is 19.2 Å². The normalized spacial score (nSPS) is 10.4. The zero-order chi connectivity index (χ0) is 10.1. The summed E-state index contributed by atoms with van der Waals surface area (Å²) in [5.74, 6) is -0.0564. The van der Waals surface area contributed by atoms with Crippen molar-refractivity contribution in [1.82, 2.24) is 4.98 Å². The predicted molar refractivity (Wildman–Crippen MR) is 51.1 cm³/mol. The molecule has 0 atom stereocenters. The van der Waals surface area contributed by atoms with Crippen molar-refractivity contribution in [2.45, 2.75) is 0 Å². The fourth-order valence-electron chi connectivity index (χ4n) is 1.31. The number of nitrogens with one attached hydrogen (secondary N) is 1. The molecular formula is C10H8FNO2. The molecule has 0 fully saturated rings.